The van der Waals surface area contributed by atoms with Gasteiger partial charge in [0.05, 0.1) is 6.04 Å². The van der Waals surface area contributed by atoms with Crippen LogP contribution >= 0.6 is 0 Å². The predicted octanol–water partition coefficient (Wildman–Crippen LogP) is 2.98. The molecule has 0 aromatic heterocycles. The number of carbonyl (C=O) groups excluding carboxylic acids is 3. The van der Waals surface area contributed by atoms with Crippen LogP contribution < -0.4 is 10.6 Å². The van der Waals surface area contributed by atoms with Gasteiger partial charge in [0.2, 0.25) is 5.91 Å². The topological polar surface area (TPSA) is 78.5 Å². The van der Waals surface area contributed by atoms with Crippen molar-refractivity contribution in [1.82, 2.24) is 15.5 Å². The van der Waals surface area contributed by atoms with Gasteiger partial charge in [-0.3, -0.25) is 14.5 Å². The minimum absolute atomic E-state index is 0.0882. The van der Waals surface area contributed by atoms with Gasteiger partial charge in [0.25, 0.3) is 5.91 Å². The van der Waals surface area contributed by atoms with E-state index in [2.05, 4.69) is 10.6 Å². The Hall–Kier alpha value is -2.37. The average molecular weight is 371 g/mol. The van der Waals surface area contributed by atoms with Crippen LogP contribution in [0.4, 0.5) is 4.79 Å². The smallest absolute Gasteiger partial charge is 0.325 e. The maximum Gasteiger partial charge on any atom is 0.325 e. The molecule has 2 aliphatic rings. The highest BCUT2D eigenvalue weighted by atomic mass is 16.2. The number of benzene rings is 1. The summed E-state index contributed by atoms with van der Waals surface area (Å²) in [6.45, 7) is 7.74. The molecule has 4 amide bonds. The summed E-state index contributed by atoms with van der Waals surface area (Å²) in [4.78, 5) is 38.9. The lowest BCUT2D eigenvalue weighted by molar-refractivity contribution is -0.137. The van der Waals surface area contributed by atoms with Crippen LogP contribution in [0, 0.1) is 19.8 Å². The molecule has 2 fully saturated rings. The normalized spacial score (nSPS) is 26.2. The van der Waals surface area contributed by atoms with E-state index in [1.165, 1.54) is 5.56 Å². The molecule has 146 valence electrons. The zero-order chi connectivity index (χ0) is 19.8. The van der Waals surface area contributed by atoms with Crippen molar-refractivity contribution in [2.24, 2.45) is 5.92 Å². The second kappa shape index (κ2) is 7.33. The highest BCUT2D eigenvalue weighted by Gasteiger charge is 2.55. The van der Waals surface area contributed by atoms with E-state index in [0.717, 1.165) is 35.3 Å². The van der Waals surface area contributed by atoms with Crippen molar-refractivity contribution in [2.45, 2.75) is 65.0 Å². The van der Waals surface area contributed by atoms with Gasteiger partial charge >= 0.3 is 6.03 Å². The summed E-state index contributed by atoms with van der Waals surface area (Å²) in [6, 6.07) is 5.41. The third-order valence-corrected chi connectivity index (χ3v) is 6.21. The summed E-state index contributed by atoms with van der Waals surface area (Å²) in [5.74, 6) is -0.497. The zero-order valence-corrected chi connectivity index (χ0v) is 16.6. The lowest BCUT2D eigenvalue weighted by Crippen LogP contribution is -2.54. The van der Waals surface area contributed by atoms with Crippen LogP contribution in [-0.2, 0) is 9.59 Å². The maximum atomic E-state index is 12.9. The molecule has 2 N–H and O–H groups in total. The van der Waals surface area contributed by atoms with Crippen molar-refractivity contribution in [3.63, 3.8) is 0 Å². The first kappa shape index (κ1) is 19.4. The molecule has 1 aromatic carbocycles. The van der Waals surface area contributed by atoms with Gasteiger partial charge in [-0.05, 0) is 56.2 Å². The van der Waals surface area contributed by atoms with Gasteiger partial charge in [0.1, 0.15) is 12.1 Å². The summed E-state index contributed by atoms with van der Waals surface area (Å²) >= 11 is 0. The van der Waals surface area contributed by atoms with Crippen molar-refractivity contribution in [1.29, 1.82) is 0 Å². The van der Waals surface area contributed by atoms with Gasteiger partial charge in [-0.1, -0.05) is 38.0 Å². The van der Waals surface area contributed by atoms with Crippen LogP contribution in [0.3, 0.4) is 0 Å². The monoisotopic (exact) mass is 371 g/mol. The SMILES string of the molecule is Cc1ccc(C(C)NC(=O)CN2C(=O)NC3(CCCCC3C)C2=O)cc1C. The Labute approximate surface area is 160 Å². The Kier molecular flexibility index (Phi) is 5.27. The number of nitrogens with zero attached hydrogens (tertiary/aromatic N) is 1. The van der Waals surface area contributed by atoms with Gasteiger partial charge in [-0.15, -0.1) is 0 Å². The first-order valence-corrected chi connectivity index (χ1v) is 9.75. The van der Waals surface area contributed by atoms with E-state index in [-0.39, 0.29) is 30.3 Å². The Morgan fingerprint density at radius 2 is 2.04 bits per heavy atom. The number of hydrogen-bond donors (Lipinski definition) is 2. The number of rotatable bonds is 4. The molecule has 1 heterocycles. The van der Waals surface area contributed by atoms with Gasteiger partial charge in [-0.25, -0.2) is 4.79 Å². The number of nitrogens with one attached hydrogen (secondary N) is 2. The molecule has 1 saturated heterocycles. The van der Waals surface area contributed by atoms with E-state index in [4.69, 9.17) is 0 Å². The lowest BCUT2D eigenvalue weighted by atomic mass is 9.73. The van der Waals surface area contributed by atoms with Crippen LogP contribution in [0.25, 0.3) is 0 Å². The molecule has 6 heteroatoms. The largest absolute Gasteiger partial charge is 0.348 e. The maximum absolute atomic E-state index is 12.9. The van der Waals surface area contributed by atoms with E-state index in [1.807, 2.05) is 45.9 Å². The molecule has 0 radical (unpaired) electrons. The molecule has 0 bridgehead atoms. The van der Waals surface area contributed by atoms with Crippen molar-refractivity contribution in [3.05, 3.63) is 34.9 Å². The van der Waals surface area contributed by atoms with Gasteiger partial charge < -0.3 is 10.6 Å². The van der Waals surface area contributed by atoms with E-state index < -0.39 is 11.6 Å². The zero-order valence-electron chi connectivity index (χ0n) is 16.6. The minimum atomic E-state index is -0.824. The van der Waals surface area contributed by atoms with Crippen molar-refractivity contribution >= 4 is 17.8 Å². The molecule has 3 atom stereocenters. The summed E-state index contributed by atoms with van der Waals surface area (Å²) in [7, 11) is 0. The third kappa shape index (κ3) is 3.57. The molecule has 3 unspecified atom stereocenters. The van der Waals surface area contributed by atoms with Gasteiger partial charge in [0, 0.05) is 0 Å². The minimum Gasteiger partial charge on any atom is -0.348 e. The second-order valence-electron chi connectivity index (χ2n) is 8.07. The summed E-state index contributed by atoms with van der Waals surface area (Å²) in [6.07, 6.45) is 3.55. The first-order valence-electron chi connectivity index (χ1n) is 9.75. The molecule has 1 aliphatic carbocycles. The Bertz CT molecular complexity index is 776. The van der Waals surface area contributed by atoms with Crippen LogP contribution in [0.15, 0.2) is 18.2 Å². The summed E-state index contributed by atoms with van der Waals surface area (Å²) < 4.78 is 0. The lowest BCUT2D eigenvalue weighted by Gasteiger charge is -2.36. The molecule has 1 spiro atoms. The molecule has 1 aliphatic heterocycles. The fraction of sp³-hybridized carbons (Fsp3) is 0.571. The number of urea groups is 1. The number of carbonyl (C=O) groups is 3. The van der Waals surface area contributed by atoms with Gasteiger partial charge in [0.15, 0.2) is 0 Å². The molecule has 1 aromatic rings. The number of aryl methyl sites for hydroxylation is 2. The number of amides is 4. The van der Waals surface area contributed by atoms with Crippen molar-refractivity contribution in [2.75, 3.05) is 6.54 Å². The molecule has 3 rings (SSSR count). The quantitative estimate of drug-likeness (QED) is 0.799. The summed E-state index contributed by atoms with van der Waals surface area (Å²) in [5, 5.41) is 5.78. The molecule has 1 saturated carbocycles. The van der Waals surface area contributed by atoms with E-state index >= 15 is 0 Å². The predicted molar refractivity (Wildman–Crippen MR) is 103 cm³/mol. The Balaban J connectivity index is 1.66. The molecular formula is C21H29N3O3. The van der Waals surface area contributed by atoms with E-state index in [9.17, 15) is 14.4 Å². The standard InChI is InChI=1S/C21H29N3O3/c1-13-8-9-17(11-14(13)2)16(4)22-18(25)12-24-19(26)21(23-20(24)27)10-6-5-7-15(21)3/h8-9,11,15-16H,5-7,10,12H2,1-4H3,(H,22,25)(H,23,27). The number of imide groups is 1. The van der Waals surface area contributed by atoms with Crippen molar-refractivity contribution in [3.8, 4) is 0 Å². The van der Waals surface area contributed by atoms with Gasteiger partial charge in [-0.2, -0.15) is 0 Å². The second-order valence-corrected chi connectivity index (χ2v) is 8.07. The van der Waals surface area contributed by atoms with Crippen LogP contribution in [0.2, 0.25) is 0 Å². The van der Waals surface area contributed by atoms with Crippen LogP contribution in [0.5, 0.6) is 0 Å². The molecule has 27 heavy (non-hydrogen) atoms. The van der Waals surface area contributed by atoms with Crippen LogP contribution in [-0.4, -0.2) is 34.8 Å². The van der Waals surface area contributed by atoms with Crippen molar-refractivity contribution < 1.29 is 14.4 Å². The average Bonchev–Trinajstić information content (AvgIpc) is 2.85. The number of hydrogen-bond acceptors (Lipinski definition) is 3. The third-order valence-electron chi connectivity index (χ3n) is 6.21. The fourth-order valence-corrected chi connectivity index (χ4v) is 4.19. The fourth-order valence-electron chi connectivity index (χ4n) is 4.19. The molecule has 6 nitrogen and oxygen atoms in total. The highest BCUT2D eigenvalue weighted by molar-refractivity contribution is 6.09. The molecular weight excluding hydrogens is 342 g/mol. The first-order chi connectivity index (χ1) is 12.7. The van der Waals surface area contributed by atoms with E-state index in [1.54, 1.807) is 0 Å². The Morgan fingerprint density at radius 3 is 2.70 bits per heavy atom. The van der Waals surface area contributed by atoms with E-state index in [0.29, 0.717) is 6.42 Å². The Morgan fingerprint density at radius 1 is 1.30 bits per heavy atom. The summed E-state index contributed by atoms with van der Waals surface area (Å²) in [5.41, 5.74) is 2.54. The van der Waals surface area contributed by atoms with Crippen LogP contribution in [0.1, 0.15) is 62.3 Å². The highest BCUT2D eigenvalue weighted by Crippen LogP contribution is 2.38.